The van der Waals surface area contributed by atoms with Gasteiger partial charge in [0.2, 0.25) is 0 Å². The van der Waals surface area contributed by atoms with Crippen molar-refractivity contribution < 1.29 is 24.5 Å². The van der Waals surface area contributed by atoms with E-state index in [1.807, 2.05) is 6.07 Å². The van der Waals surface area contributed by atoms with Crippen LogP contribution < -0.4 is 5.32 Å². The van der Waals surface area contributed by atoms with E-state index in [4.69, 9.17) is 4.74 Å². The van der Waals surface area contributed by atoms with Crippen molar-refractivity contribution in [2.75, 3.05) is 0 Å². The molecule has 0 aromatic heterocycles. The quantitative estimate of drug-likeness (QED) is 0.778. The van der Waals surface area contributed by atoms with Gasteiger partial charge in [-0.05, 0) is 50.8 Å². The third kappa shape index (κ3) is 3.32. The van der Waals surface area contributed by atoms with Gasteiger partial charge in [0, 0.05) is 6.42 Å². The van der Waals surface area contributed by atoms with Crippen LogP contribution in [0.25, 0.3) is 0 Å². The molecule has 120 valence electrons. The Morgan fingerprint density at radius 3 is 2.59 bits per heavy atom. The first-order valence-electron chi connectivity index (χ1n) is 7.17. The molecular formula is C16H21NO5. The Labute approximate surface area is 129 Å². The average Bonchev–Trinajstić information content (AvgIpc) is 2.37. The summed E-state index contributed by atoms with van der Waals surface area (Å²) in [6.07, 6.45) is -0.0262. The van der Waals surface area contributed by atoms with Gasteiger partial charge in [0.25, 0.3) is 0 Å². The summed E-state index contributed by atoms with van der Waals surface area (Å²) in [7, 11) is 0. The van der Waals surface area contributed by atoms with Gasteiger partial charge in [0.15, 0.2) is 0 Å². The number of alkyl carbamates (subject to hydrolysis) is 1. The number of carboxylic acids is 1. The van der Waals surface area contributed by atoms with Gasteiger partial charge in [-0.15, -0.1) is 0 Å². The number of phenolic OH excluding ortho intramolecular Hbond substituents is 1. The molecule has 22 heavy (non-hydrogen) atoms. The molecule has 6 nitrogen and oxygen atoms in total. The lowest BCUT2D eigenvalue weighted by Gasteiger charge is -2.35. The molecule has 0 unspecified atom stereocenters. The number of hydrogen-bond donors (Lipinski definition) is 3. The minimum atomic E-state index is -1.46. The number of nitrogens with one attached hydrogen (secondary N) is 1. The molecule has 0 bridgehead atoms. The average molecular weight is 307 g/mol. The Morgan fingerprint density at radius 2 is 2.00 bits per heavy atom. The molecule has 3 N–H and O–H groups in total. The van der Waals surface area contributed by atoms with E-state index < -0.39 is 23.2 Å². The number of carboxylic acid groups (broad SMARTS) is 1. The maximum Gasteiger partial charge on any atom is 0.408 e. The van der Waals surface area contributed by atoms with Crippen molar-refractivity contribution in [2.24, 2.45) is 0 Å². The summed E-state index contributed by atoms with van der Waals surface area (Å²) < 4.78 is 5.16. The van der Waals surface area contributed by atoms with E-state index in [2.05, 4.69) is 5.32 Å². The van der Waals surface area contributed by atoms with Gasteiger partial charge in [-0.3, -0.25) is 0 Å². The molecule has 1 aliphatic rings. The Kier molecular flexibility index (Phi) is 4.04. The number of carbonyl (C=O) groups excluding carboxylic acids is 1. The number of hydrogen-bond acceptors (Lipinski definition) is 4. The molecule has 2 rings (SSSR count). The van der Waals surface area contributed by atoms with Gasteiger partial charge in [0.05, 0.1) is 0 Å². The zero-order valence-corrected chi connectivity index (χ0v) is 13.0. The van der Waals surface area contributed by atoms with Crippen molar-refractivity contribution in [1.29, 1.82) is 0 Å². The first-order valence-corrected chi connectivity index (χ1v) is 7.17. The Morgan fingerprint density at radius 1 is 1.32 bits per heavy atom. The number of carbonyl (C=O) groups is 2. The Bertz CT molecular complexity index is 605. The normalized spacial score (nSPS) is 20.9. The number of ether oxygens (including phenoxy) is 1. The van der Waals surface area contributed by atoms with Crippen LogP contribution in [0, 0.1) is 0 Å². The predicted octanol–water partition coefficient (Wildman–Crippen LogP) is 2.23. The SMILES string of the molecule is CC(C)(C)OC(=O)N[C@@]1(C(=O)O)CCc2cccc(O)c2C1. The van der Waals surface area contributed by atoms with E-state index in [1.54, 1.807) is 26.8 Å². The van der Waals surface area contributed by atoms with Crippen molar-refractivity contribution in [3.63, 3.8) is 0 Å². The molecule has 1 aromatic carbocycles. The molecule has 1 atom stereocenters. The second-order valence-electron chi connectivity index (χ2n) is 6.61. The first kappa shape index (κ1) is 16.1. The number of rotatable bonds is 2. The van der Waals surface area contributed by atoms with E-state index in [0.29, 0.717) is 12.0 Å². The van der Waals surface area contributed by atoms with E-state index in [-0.39, 0.29) is 18.6 Å². The summed E-state index contributed by atoms with van der Waals surface area (Å²) in [5.41, 5.74) is -0.706. The predicted molar refractivity (Wildman–Crippen MR) is 79.9 cm³/mol. The van der Waals surface area contributed by atoms with Gasteiger partial charge in [0.1, 0.15) is 16.9 Å². The summed E-state index contributed by atoms with van der Waals surface area (Å²) >= 11 is 0. The number of aromatic hydroxyl groups is 1. The number of fused-ring (bicyclic) bond motifs is 1. The van der Waals surface area contributed by atoms with Crippen LogP contribution in [0.4, 0.5) is 4.79 Å². The van der Waals surface area contributed by atoms with Crippen LogP contribution in [-0.2, 0) is 22.4 Å². The van der Waals surface area contributed by atoms with Crippen LogP contribution in [0.3, 0.4) is 0 Å². The molecule has 1 amide bonds. The third-order valence-electron chi connectivity index (χ3n) is 3.70. The molecule has 1 aromatic rings. The lowest BCUT2D eigenvalue weighted by atomic mass is 9.77. The van der Waals surface area contributed by atoms with Crippen molar-refractivity contribution in [2.45, 2.75) is 51.2 Å². The highest BCUT2D eigenvalue weighted by atomic mass is 16.6. The fourth-order valence-corrected chi connectivity index (χ4v) is 2.64. The van der Waals surface area contributed by atoms with E-state index in [9.17, 15) is 19.8 Å². The van der Waals surface area contributed by atoms with Gasteiger partial charge in [-0.25, -0.2) is 9.59 Å². The second kappa shape index (κ2) is 5.51. The number of aliphatic carboxylic acids is 1. The third-order valence-corrected chi connectivity index (χ3v) is 3.70. The molecule has 0 saturated carbocycles. The number of phenols is 1. The summed E-state index contributed by atoms with van der Waals surface area (Å²) in [4.78, 5) is 23.7. The molecule has 0 spiro atoms. The molecule has 0 radical (unpaired) electrons. The first-order chi connectivity index (χ1) is 10.1. The molecule has 6 heteroatoms. The van der Waals surface area contributed by atoms with Gasteiger partial charge in [-0.2, -0.15) is 0 Å². The van der Waals surface area contributed by atoms with Gasteiger partial charge < -0.3 is 20.3 Å². The highest BCUT2D eigenvalue weighted by Gasteiger charge is 2.44. The standard InChI is InChI=1S/C16H21NO5/c1-15(2,3)22-14(21)17-16(13(19)20)8-7-10-5-4-6-12(18)11(10)9-16/h4-6,18H,7-9H2,1-3H3,(H,17,21)(H,19,20)/t16-/m0/s1. The number of amides is 1. The summed E-state index contributed by atoms with van der Waals surface area (Å²) in [5.74, 6) is -1.08. The zero-order chi connectivity index (χ0) is 16.5. The minimum Gasteiger partial charge on any atom is -0.508 e. The maximum absolute atomic E-state index is 12.0. The van der Waals surface area contributed by atoms with Crippen molar-refractivity contribution >= 4 is 12.1 Å². The Hall–Kier alpha value is -2.24. The highest BCUT2D eigenvalue weighted by molar-refractivity contribution is 5.85. The van der Waals surface area contributed by atoms with Crippen molar-refractivity contribution in [3.05, 3.63) is 29.3 Å². The number of aryl methyl sites for hydroxylation is 1. The number of benzene rings is 1. The molecule has 0 fully saturated rings. The van der Waals surface area contributed by atoms with E-state index in [0.717, 1.165) is 5.56 Å². The minimum absolute atomic E-state index is 0.0313. The van der Waals surface area contributed by atoms with Crippen LogP contribution in [0.5, 0.6) is 5.75 Å². The molecule has 1 aliphatic carbocycles. The van der Waals surface area contributed by atoms with Crippen LogP contribution in [-0.4, -0.2) is 33.4 Å². The molecule has 0 aliphatic heterocycles. The van der Waals surface area contributed by atoms with Gasteiger partial charge in [-0.1, -0.05) is 12.1 Å². The Balaban J connectivity index is 2.27. The van der Waals surface area contributed by atoms with Crippen molar-refractivity contribution in [1.82, 2.24) is 5.32 Å². The lowest BCUT2D eigenvalue weighted by molar-refractivity contribution is -0.145. The van der Waals surface area contributed by atoms with Crippen LogP contribution in [0.1, 0.15) is 38.3 Å². The van der Waals surface area contributed by atoms with E-state index >= 15 is 0 Å². The second-order valence-corrected chi connectivity index (χ2v) is 6.61. The van der Waals surface area contributed by atoms with Crippen LogP contribution >= 0.6 is 0 Å². The zero-order valence-electron chi connectivity index (χ0n) is 13.0. The molecular weight excluding hydrogens is 286 g/mol. The largest absolute Gasteiger partial charge is 0.508 e. The van der Waals surface area contributed by atoms with Crippen LogP contribution in [0.2, 0.25) is 0 Å². The fraction of sp³-hybridized carbons (Fsp3) is 0.500. The summed E-state index contributed by atoms with van der Waals surface area (Å²) in [6.45, 7) is 5.13. The smallest absolute Gasteiger partial charge is 0.408 e. The molecule has 0 saturated heterocycles. The maximum atomic E-state index is 12.0. The lowest BCUT2D eigenvalue weighted by Crippen LogP contribution is -2.58. The molecule has 0 heterocycles. The monoisotopic (exact) mass is 307 g/mol. The fourth-order valence-electron chi connectivity index (χ4n) is 2.64. The van der Waals surface area contributed by atoms with Crippen LogP contribution in [0.15, 0.2) is 18.2 Å². The van der Waals surface area contributed by atoms with Crippen molar-refractivity contribution in [3.8, 4) is 5.75 Å². The topological polar surface area (TPSA) is 95.9 Å². The summed E-state index contributed by atoms with van der Waals surface area (Å²) in [5, 5.41) is 22.0. The highest BCUT2D eigenvalue weighted by Crippen LogP contribution is 2.34. The van der Waals surface area contributed by atoms with Gasteiger partial charge >= 0.3 is 12.1 Å². The summed E-state index contributed by atoms with van der Waals surface area (Å²) in [6, 6.07) is 5.10. The van der Waals surface area contributed by atoms with E-state index in [1.165, 1.54) is 6.07 Å².